The van der Waals surface area contributed by atoms with E-state index in [1.807, 2.05) is 91.1 Å². The normalized spacial score (nSPS) is 11.4. The van der Waals surface area contributed by atoms with Gasteiger partial charge in [-0.3, -0.25) is 0 Å². The largest absolute Gasteiger partial charge is 0.434 e. The average Bonchev–Trinajstić information content (AvgIpc) is 3.61. The zero-order valence-corrected chi connectivity index (χ0v) is 28.3. The first kappa shape index (κ1) is 30.4. The molecule has 0 amide bonds. The van der Waals surface area contributed by atoms with Crippen LogP contribution < -0.4 is 0 Å². The molecule has 6 aromatic carbocycles. The van der Waals surface area contributed by atoms with Crippen LogP contribution in [0.3, 0.4) is 0 Å². The van der Waals surface area contributed by atoms with Crippen molar-refractivity contribution in [1.82, 2.24) is 29.9 Å². The van der Waals surface area contributed by atoms with Gasteiger partial charge in [0.1, 0.15) is 5.52 Å². The summed E-state index contributed by atoms with van der Waals surface area (Å²) < 4.78 is 6.05. The van der Waals surface area contributed by atoms with Crippen LogP contribution in [0.1, 0.15) is 0 Å². The van der Waals surface area contributed by atoms with Crippen molar-refractivity contribution in [3.8, 4) is 67.8 Å². The summed E-state index contributed by atoms with van der Waals surface area (Å²) in [5, 5.41) is 3.22. The number of aromatic nitrogens is 6. The molecule has 0 atom stereocenters. The SMILES string of the molecule is c1ccc(-c2cccc(-c3nc(-c4ccccc4)nc(-c4ccc(-c5ncc6oc7ncc(-c8ccc9ccccc9c8)cc7c6n5)cc4)n3)c2)cc1. The molecule has 0 saturated heterocycles. The van der Waals surface area contributed by atoms with Crippen LogP contribution in [0.25, 0.3) is 101 Å². The highest BCUT2D eigenvalue weighted by Gasteiger charge is 2.16. The molecule has 0 fully saturated rings. The van der Waals surface area contributed by atoms with Gasteiger partial charge in [-0.05, 0) is 45.7 Å². The van der Waals surface area contributed by atoms with Gasteiger partial charge in [0.15, 0.2) is 28.9 Å². The van der Waals surface area contributed by atoms with Gasteiger partial charge in [0.05, 0.1) is 11.6 Å². The predicted octanol–water partition coefficient (Wildman–Crippen LogP) is 11.1. The summed E-state index contributed by atoms with van der Waals surface area (Å²) in [7, 11) is 0. The highest BCUT2D eigenvalue weighted by Crippen LogP contribution is 2.33. The number of hydrogen-bond acceptors (Lipinski definition) is 7. The topological polar surface area (TPSA) is 90.5 Å². The molecule has 0 aliphatic rings. The van der Waals surface area contributed by atoms with Crippen molar-refractivity contribution in [2.75, 3.05) is 0 Å². The summed E-state index contributed by atoms with van der Waals surface area (Å²) in [6, 6.07) is 53.5. The van der Waals surface area contributed by atoms with Gasteiger partial charge in [0.2, 0.25) is 5.71 Å². The summed E-state index contributed by atoms with van der Waals surface area (Å²) in [5.74, 6) is 2.38. The van der Waals surface area contributed by atoms with Crippen molar-refractivity contribution in [1.29, 1.82) is 0 Å². The van der Waals surface area contributed by atoms with Gasteiger partial charge >= 0.3 is 0 Å². The Morgan fingerprint density at radius 1 is 0.340 bits per heavy atom. The van der Waals surface area contributed by atoms with E-state index >= 15 is 0 Å². The second-order valence-corrected chi connectivity index (χ2v) is 12.8. The maximum atomic E-state index is 6.05. The fraction of sp³-hybridized carbons (Fsp3) is 0. The van der Waals surface area contributed by atoms with Gasteiger partial charge in [0, 0.05) is 34.0 Å². The molecule has 4 heterocycles. The van der Waals surface area contributed by atoms with Crippen LogP contribution in [-0.2, 0) is 0 Å². The molecule has 248 valence electrons. The van der Waals surface area contributed by atoms with Crippen LogP contribution in [-0.4, -0.2) is 29.9 Å². The Morgan fingerprint density at radius 3 is 1.66 bits per heavy atom. The number of furan rings is 1. The smallest absolute Gasteiger partial charge is 0.229 e. The third-order valence-electron chi connectivity index (χ3n) is 9.45. The molecular weight excluding hydrogens is 653 g/mol. The van der Waals surface area contributed by atoms with Crippen molar-refractivity contribution in [2.24, 2.45) is 0 Å². The number of pyridine rings is 1. The Hall–Kier alpha value is -7.38. The summed E-state index contributed by atoms with van der Waals surface area (Å²) in [4.78, 5) is 29.1. The van der Waals surface area contributed by atoms with E-state index in [1.165, 1.54) is 10.8 Å². The Bertz CT molecular complexity index is 2940. The number of hydrogen-bond donors (Lipinski definition) is 0. The van der Waals surface area contributed by atoms with E-state index in [1.54, 1.807) is 6.20 Å². The molecule has 7 nitrogen and oxygen atoms in total. The summed E-state index contributed by atoms with van der Waals surface area (Å²) in [6.07, 6.45) is 3.56. The first-order valence-corrected chi connectivity index (χ1v) is 17.3. The number of fused-ring (bicyclic) bond motifs is 4. The first-order valence-electron chi connectivity index (χ1n) is 17.3. The average molecular weight is 681 g/mol. The van der Waals surface area contributed by atoms with Gasteiger partial charge in [0.25, 0.3) is 0 Å². The van der Waals surface area contributed by atoms with Gasteiger partial charge in [-0.25, -0.2) is 29.9 Å². The van der Waals surface area contributed by atoms with Crippen LogP contribution >= 0.6 is 0 Å². The van der Waals surface area contributed by atoms with Gasteiger partial charge in [-0.1, -0.05) is 140 Å². The van der Waals surface area contributed by atoms with Crippen molar-refractivity contribution >= 4 is 33.0 Å². The van der Waals surface area contributed by atoms with Crippen LogP contribution in [0.2, 0.25) is 0 Å². The summed E-state index contributed by atoms with van der Waals surface area (Å²) in [6.45, 7) is 0. The van der Waals surface area contributed by atoms with Crippen molar-refractivity contribution < 1.29 is 4.42 Å². The molecule has 4 aromatic heterocycles. The number of nitrogens with zero attached hydrogens (tertiary/aromatic N) is 6. The second kappa shape index (κ2) is 12.7. The Labute approximate surface area is 304 Å². The molecule has 0 bridgehead atoms. The second-order valence-electron chi connectivity index (χ2n) is 12.8. The lowest BCUT2D eigenvalue weighted by molar-refractivity contribution is 0.651. The third kappa shape index (κ3) is 5.76. The van der Waals surface area contributed by atoms with E-state index in [0.29, 0.717) is 34.6 Å². The van der Waals surface area contributed by atoms with Crippen molar-refractivity contribution in [3.63, 3.8) is 0 Å². The Morgan fingerprint density at radius 2 is 0.906 bits per heavy atom. The zero-order chi connectivity index (χ0) is 35.1. The monoisotopic (exact) mass is 680 g/mol. The highest BCUT2D eigenvalue weighted by atomic mass is 16.3. The van der Waals surface area contributed by atoms with E-state index < -0.39 is 0 Å². The lowest BCUT2D eigenvalue weighted by Gasteiger charge is -2.10. The minimum absolute atomic E-state index is 0.528. The molecule has 53 heavy (non-hydrogen) atoms. The van der Waals surface area contributed by atoms with E-state index in [9.17, 15) is 0 Å². The van der Waals surface area contributed by atoms with E-state index in [4.69, 9.17) is 24.4 Å². The molecule has 0 spiro atoms. The summed E-state index contributed by atoms with van der Waals surface area (Å²) in [5.41, 5.74) is 9.68. The lowest BCUT2D eigenvalue weighted by atomic mass is 10.0. The van der Waals surface area contributed by atoms with Crippen LogP contribution in [0.4, 0.5) is 0 Å². The Balaban J connectivity index is 1.01. The van der Waals surface area contributed by atoms with Crippen LogP contribution in [0.5, 0.6) is 0 Å². The molecule has 0 N–H and O–H groups in total. The fourth-order valence-corrected chi connectivity index (χ4v) is 6.70. The fourth-order valence-electron chi connectivity index (χ4n) is 6.70. The molecule has 0 radical (unpaired) electrons. The maximum absolute atomic E-state index is 6.05. The molecule has 10 rings (SSSR count). The zero-order valence-electron chi connectivity index (χ0n) is 28.3. The van der Waals surface area contributed by atoms with E-state index in [2.05, 4.69) is 82.8 Å². The summed E-state index contributed by atoms with van der Waals surface area (Å²) >= 11 is 0. The Kier molecular flexibility index (Phi) is 7.32. The van der Waals surface area contributed by atoms with Gasteiger partial charge < -0.3 is 4.42 Å². The minimum Gasteiger partial charge on any atom is -0.434 e. The van der Waals surface area contributed by atoms with E-state index in [0.717, 1.165) is 55.4 Å². The van der Waals surface area contributed by atoms with Crippen molar-refractivity contribution in [3.05, 3.63) is 170 Å². The molecule has 10 aromatic rings. The lowest BCUT2D eigenvalue weighted by Crippen LogP contribution is -2.00. The van der Waals surface area contributed by atoms with Crippen LogP contribution in [0.15, 0.2) is 175 Å². The van der Waals surface area contributed by atoms with E-state index in [-0.39, 0.29) is 0 Å². The first-order chi connectivity index (χ1) is 26.2. The number of benzene rings is 6. The van der Waals surface area contributed by atoms with Gasteiger partial charge in [-0.15, -0.1) is 0 Å². The molecule has 0 aliphatic carbocycles. The van der Waals surface area contributed by atoms with Gasteiger partial charge in [-0.2, -0.15) is 0 Å². The standard InChI is InChI=1S/C46H28N6O/c1-3-10-29(11-4-1)35-16-9-17-37(25-35)45-51-43(31-13-5-2-6-14-31)50-44(52-45)33-21-19-32(20-22-33)42-47-28-40-41(49-42)39-26-38(27-48-46(39)53-40)36-23-18-30-12-7-8-15-34(30)24-36/h1-28H. The molecule has 0 aliphatic heterocycles. The van der Waals surface area contributed by atoms with Crippen LogP contribution in [0, 0.1) is 0 Å². The molecule has 0 saturated carbocycles. The van der Waals surface area contributed by atoms with Crippen molar-refractivity contribution in [2.45, 2.75) is 0 Å². The maximum Gasteiger partial charge on any atom is 0.229 e. The molecule has 0 unspecified atom stereocenters. The third-order valence-corrected chi connectivity index (χ3v) is 9.45. The molecular formula is C46H28N6O. The predicted molar refractivity (Wildman–Crippen MR) is 211 cm³/mol. The number of rotatable bonds is 6. The highest BCUT2D eigenvalue weighted by molar-refractivity contribution is 6.03. The quantitative estimate of drug-likeness (QED) is 0.173. The molecule has 7 heteroatoms. The minimum atomic E-state index is 0.528.